The maximum Gasteiger partial charge on any atom is 0.268 e. The molecule has 0 bridgehead atoms. The van der Waals surface area contributed by atoms with Crippen molar-refractivity contribution < 1.29 is 9.53 Å². The van der Waals surface area contributed by atoms with E-state index in [1.54, 1.807) is 25.1 Å². The second kappa shape index (κ2) is 6.93. The number of anilines is 1. The summed E-state index contributed by atoms with van der Waals surface area (Å²) >= 11 is 1.36. The number of para-hydroxylation sites is 2. The van der Waals surface area contributed by atoms with E-state index in [9.17, 15) is 4.79 Å². The molecule has 1 amide bonds. The van der Waals surface area contributed by atoms with Crippen LogP contribution in [0.2, 0.25) is 0 Å². The van der Waals surface area contributed by atoms with Gasteiger partial charge in [0.2, 0.25) is 0 Å². The summed E-state index contributed by atoms with van der Waals surface area (Å²) in [6, 6.07) is 11.0. The van der Waals surface area contributed by atoms with Crippen molar-refractivity contribution >= 4 is 22.9 Å². The Morgan fingerprint density at radius 3 is 2.81 bits per heavy atom. The molecule has 108 valence electrons. The molecule has 0 aliphatic heterocycles. The van der Waals surface area contributed by atoms with E-state index in [-0.39, 0.29) is 5.91 Å². The third kappa shape index (κ3) is 3.43. The predicted octanol–water partition coefficient (Wildman–Crippen LogP) is 2.34. The molecular formula is C16H16N2O2S. The van der Waals surface area contributed by atoms with Crippen LogP contribution in [0.3, 0.4) is 0 Å². The summed E-state index contributed by atoms with van der Waals surface area (Å²) in [6.07, 6.45) is 0. The van der Waals surface area contributed by atoms with Crippen LogP contribution >= 0.6 is 11.3 Å². The highest BCUT2D eigenvalue weighted by molar-refractivity contribution is 7.14. The first-order chi connectivity index (χ1) is 10.2. The van der Waals surface area contributed by atoms with Crippen molar-refractivity contribution in [1.29, 1.82) is 0 Å². The lowest BCUT2D eigenvalue weighted by molar-refractivity contribution is 0.0996. The first-order valence-electron chi connectivity index (χ1n) is 6.37. The molecule has 0 atom stereocenters. The smallest absolute Gasteiger partial charge is 0.268 e. The van der Waals surface area contributed by atoms with Crippen molar-refractivity contribution in [3.05, 3.63) is 46.2 Å². The topological polar surface area (TPSA) is 55.6 Å². The Bertz CT molecular complexity index is 698. The largest absolute Gasteiger partial charge is 0.495 e. The summed E-state index contributed by atoms with van der Waals surface area (Å²) in [5.41, 5.74) is 6.07. The zero-order valence-electron chi connectivity index (χ0n) is 11.9. The van der Waals surface area contributed by atoms with Gasteiger partial charge in [0.15, 0.2) is 0 Å². The molecule has 4 nitrogen and oxygen atoms in total. The maximum atomic E-state index is 12.5. The number of methoxy groups -OCH3 is 1. The van der Waals surface area contributed by atoms with E-state index >= 15 is 0 Å². The van der Waals surface area contributed by atoms with Crippen molar-refractivity contribution in [2.45, 2.75) is 0 Å². The standard InChI is InChI=1S/C16H16N2O2S/c1-18(13-7-3-4-8-14(13)20-2)16(19)15-10-9-12(21-15)6-5-11-17/h3-4,7-10H,11,17H2,1-2H3. The molecule has 2 aromatic rings. The fraction of sp³-hybridized carbons (Fsp3) is 0.188. The van der Waals surface area contributed by atoms with Crippen molar-refractivity contribution in [3.63, 3.8) is 0 Å². The summed E-state index contributed by atoms with van der Waals surface area (Å²) in [4.78, 5) is 15.5. The van der Waals surface area contributed by atoms with Crippen LogP contribution in [0.1, 0.15) is 14.5 Å². The molecule has 0 radical (unpaired) electrons. The van der Waals surface area contributed by atoms with Gasteiger partial charge in [-0.25, -0.2) is 0 Å². The molecule has 0 fully saturated rings. The Hall–Kier alpha value is -2.29. The van der Waals surface area contributed by atoms with Crippen LogP contribution in [0.5, 0.6) is 5.75 Å². The summed E-state index contributed by atoms with van der Waals surface area (Å²) in [6.45, 7) is 0.308. The van der Waals surface area contributed by atoms with E-state index in [0.717, 1.165) is 10.6 Å². The van der Waals surface area contributed by atoms with Gasteiger partial charge in [-0.3, -0.25) is 4.79 Å². The molecule has 0 aliphatic rings. The number of ether oxygens (including phenoxy) is 1. The van der Waals surface area contributed by atoms with Gasteiger partial charge in [-0.1, -0.05) is 24.0 Å². The lowest BCUT2D eigenvalue weighted by Gasteiger charge is -2.19. The third-order valence-corrected chi connectivity index (χ3v) is 3.87. The van der Waals surface area contributed by atoms with Crippen LogP contribution in [0.15, 0.2) is 36.4 Å². The maximum absolute atomic E-state index is 12.5. The first kappa shape index (κ1) is 15.1. The van der Waals surface area contributed by atoms with Gasteiger partial charge in [-0.2, -0.15) is 0 Å². The van der Waals surface area contributed by atoms with Gasteiger partial charge in [-0.05, 0) is 24.3 Å². The van der Waals surface area contributed by atoms with Gasteiger partial charge >= 0.3 is 0 Å². The highest BCUT2D eigenvalue weighted by Crippen LogP contribution is 2.28. The summed E-state index contributed by atoms with van der Waals surface area (Å²) in [7, 11) is 3.31. The number of benzene rings is 1. The number of carbonyl (C=O) groups excluding carboxylic acids is 1. The number of hydrogen-bond acceptors (Lipinski definition) is 4. The second-order valence-corrected chi connectivity index (χ2v) is 5.29. The van der Waals surface area contributed by atoms with E-state index < -0.39 is 0 Å². The van der Waals surface area contributed by atoms with E-state index in [0.29, 0.717) is 17.2 Å². The van der Waals surface area contributed by atoms with Crippen molar-refractivity contribution in [2.24, 2.45) is 5.73 Å². The van der Waals surface area contributed by atoms with E-state index in [2.05, 4.69) is 11.8 Å². The van der Waals surface area contributed by atoms with Crippen LogP contribution in [0.25, 0.3) is 0 Å². The van der Waals surface area contributed by atoms with Crippen LogP contribution in [0.4, 0.5) is 5.69 Å². The molecule has 0 spiro atoms. The summed E-state index contributed by atoms with van der Waals surface area (Å²) in [5.74, 6) is 6.28. The molecule has 0 aliphatic carbocycles. The minimum atomic E-state index is -0.0923. The van der Waals surface area contributed by atoms with Crippen LogP contribution < -0.4 is 15.4 Å². The van der Waals surface area contributed by atoms with Crippen LogP contribution in [-0.2, 0) is 0 Å². The highest BCUT2D eigenvalue weighted by Gasteiger charge is 2.18. The second-order valence-electron chi connectivity index (χ2n) is 4.21. The molecular weight excluding hydrogens is 284 g/mol. The highest BCUT2D eigenvalue weighted by atomic mass is 32.1. The van der Waals surface area contributed by atoms with Crippen molar-refractivity contribution in [2.75, 3.05) is 25.6 Å². The summed E-state index contributed by atoms with van der Waals surface area (Å²) < 4.78 is 5.28. The van der Waals surface area contributed by atoms with Crippen LogP contribution in [-0.4, -0.2) is 26.6 Å². The third-order valence-electron chi connectivity index (χ3n) is 2.88. The molecule has 2 N–H and O–H groups in total. The number of carbonyl (C=O) groups is 1. The molecule has 2 rings (SSSR count). The molecule has 0 saturated carbocycles. The lowest BCUT2D eigenvalue weighted by atomic mass is 10.2. The zero-order valence-corrected chi connectivity index (χ0v) is 12.7. The van der Waals surface area contributed by atoms with E-state index in [1.807, 2.05) is 30.3 Å². The number of nitrogens with two attached hydrogens (primary N) is 1. The van der Waals surface area contributed by atoms with Gasteiger partial charge in [0, 0.05) is 7.05 Å². The first-order valence-corrected chi connectivity index (χ1v) is 7.19. The minimum Gasteiger partial charge on any atom is -0.495 e. The normalized spacial score (nSPS) is 9.67. The Labute approximate surface area is 128 Å². The molecule has 21 heavy (non-hydrogen) atoms. The number of thiophene rings is 1. The van der Waals surface area contributed by atoms with E-state index in [4.69, 9.17) is 10.5 Å². The average Bonchev–Trinajstić information content (AvgIpc) is 3.00. The Balaban J connectivity index is 2.25. The van der Waals surface area contributed by atoms with Gasteiger partial charge in [0.1, 0.15) is 5.75 Å². The molecule has 5 heteroatoms. The molecule has 1 heterocycles. The van der Waals surface area contributed by atoms with Crippen molar-refractivity contribution in [1.82, 2.24) is 0 Å². The molecule has 1 aromatic heterocycles. The molecule has 1 aromatic carbocycles. The van der Waals surface area contributed by atoms with Gasteiger partial charge < -0.3 is 15.4 Å². The van der Waals surface area contributed by atoms with E-state index in [1.165, 1.54) is 11.3 Å². The van der Waals surface area contributed by atoms with Gasteiger partial charge in [-0.15, -0.1) is 11.3 Å². The van der Waals surface area contributed by atoms with Crippen LogP contribution in [0, 0.1) is 11.8 Å². The number of amides is 1. The zero-order chi connectivity index (χ0) is 15.2. The molecule has 0 saturated heterocycles. The Morgan fingerprint density at radius 1 is 1.33 bits per heavy atom. The minimum absolute atomic E-state index is 0.0923. The van der Waals surface area contributed by atoms with Gasteiger partial charge in [0.25, 0.3) is 5.91 Å². The molecule has 0 unspecified atom stereocenters. The monoisotopic (exact) mass is 300 g/mol. The fourth-order valence-corrected chi connectivity index (χ4v) is 2.70. The Morgan fingerprint density at radius 2 is 2.10 bits per heavy atom. The van der Waals surface area contributed by atoms with Gasteiger partial charge in [0.05, 0.1) is 29.1 Å². The lowest BCUT2D eigenvalue weighted by Crippen LogP contribution is -2.25. The quantitative estimate of drug-likeness (QED) is 0.885. The average molecular weight is 300 g/mol. The number of hydrogen-bond donors (Lipinski definition) is 1. The SMILES string of the molecule is COc1ccccc1N(C)C(=O)c1ccc(C#CCN)s1. The predicted molar refractivity (Wildman–Crippen MR) is 86.0 cm³/mol. The summed E-state index contributed by atoms with van der Waals surface area (Å²) in [5, 5.41) is 0. The number of nitrogens with zero attached hydrogens (tertiary/aromatic N) is 1. The fourth-order valence-electron chi connectivity index (χ4n) is 1.84. The Kier molecular flexibility index (Phi) is 4.99. The van der Waals surface area contributed by atoms with Crippen molar-refractivity contribution in [3.8, 4) is 17.6 Å². The number of rotatable bonds is 3.